The van der Waals surface area contributed by atoms with Gasteiger partial charge in [0.25, 0.3) is 0 Å². The summed E-state index contributed by atoms with van der Waals surface area (Å²) in [7, 11) is -3.61. The van der Waals surface area contributed by atoms with E-state index in [2.05, 4.69) is 0 Å². The van der Waals surface area contributed by atoms with Crippen molar-refractivity contribution in [3.8, 4) is 0 Å². The SMILES string of the molecule is CC(=O)c1ccc(S(C)(=O)=O)c(N2CCOC(c3ccccc3C(F)(F)F)C2)c1. The van der Waals surface area contributed by atoms with Crippen LogP contribution in [0, 0.1) is 0 Å². The number of rotatable bonds is 4. The third kappa shape index (κ3) is 4.62. The molecule has 1 aliphatic rings. The third-order valence-electron chi connectivity index (χ3n) is 4.79. The van der Waals surface area contributed by atoms with Gasteiger partial charge in [0.15, 0.2) is 15.6 Å². The molecule has 1 unspecified atom stereocenters. The number of Topliss-reactive ketones (excluding diaryl/α,β-unsaturated/α-hetero) is 1. The molecule has 0 aromatic heterocycles. The number of ether oxygens (including phenoxy) is 1. The fraction of sp³-hybridized carbons (Fsp3) is 0.350. The molecule has 0 amide bonds. The molecule has 0 N–H and O–H groups in total. The Hall–Kier alpha value is -2.39. The van der Waals surface area contributed by atoms with Crippen LogP contribution >= 0.6 is 0 Å². The molecule has 0 saturated carbocycles. The van der Waals surface area contributed by atoms with Gasteiger partial charge >= 0.3 is 6.18 Å². The molecule has 2 aromatic carbocycles. The Morgan fingerprint density at radius 2 is 1.86 bits per heavy atom. The van der Waals surface area contributed by atoms with Gasteiger partial charge in [-0.2, -0.15) is 13.2 Å². The van der Waals surface area contributed by atoms with E-state index < -0.39 is 27.7 Å². The first-order chi connectivity index (χ1) is 13.5. The minimum Gasteiger partial charge on any atom is -0.370 e. The minimum absolute atomic E-state index is 0.00618. The topological polar surface area (TPSA) is 63.7 Å². The second kappa shape index (κ2) is 7.79. The van der Waals surface area contributed by atoms with Crippen LogP contribution < -0.4 is 4.90 Å². The summed E-state index contributed by atoms with van der Waals surface area (Å²) in [6, 6.07) is 9.43. The quantitative estimate of drug-likeness (QED) is 0.693. The monoisotopic (exact) mass is 427 g/mol. The number of hydrogen-bond acceptors (Lipinski definition) is 5. The van der Waals surface area contributed by atoms with Crippen molar-refractivity contribution in [1.82, 2.24) is 0 Å². The lowest BCUT2D eigenvalue weighted by atomic mass is 10.00. The predicted molar refractivity (Wildman–Crippen MR) is 102 cm³/mol. The number of sulfone groups is 1. The highest BCUT2D eigenvalue weighted by atomic mass is 32.2. The molecule has 9 heteroatoms. The summed E-state index contributed by atoms with van der Waals surface area (Å²) in [6.45, 7) is 1.79. The number of benzene rings is 2. The standard InChI is InChI=1S/C20H20F3NO4S/c1-13(25)14-7-8-19(29(2,26)27)17(11-14)24-9-10-28-18(12-24)15-5-3-4-6-16(15)20(21,22)23/h3-8,11,18H,9-10,12H2,1-2H3. The lowest BCUT2D eigenvalue weighted by molar-refractivity contribution is -0.139. The van der Waals surface area contributed by atoms with Gasteiger partial charge in [-0.3, -0.25) is 4.79 Å². The van der Waals surface area contributed by atoms with Crippen LogP contribution in [0.3, 0.4) is 0 Å². The van der Waals surface area contributed by atoms with E-state index in [1.54, 1.807) is 4.90 Å². The Morgan fingerprint density at radius 1 is 1.17 bits per heavy atom. The molecule has 0 aliphatic carbocycles. The van der Waals surface area contributed by atoms with Crippen LogP contribution in [-0.2, 0) is 20.8 Å². The fourth-order valence-electron chi connectivity index (χ4n) is 3.39. The maximum Gasteiger partial charge on any atom is 0.416 e. The summed E-state index contributed by atoms with van der Waals surface area (Å²) >= 11 is 0. The van der Waals surface area contributed by atoms with Crippen LogP contribution in [0.25, 0.3) is 0 Å². The highest BCUT2D eigenvalue weighted by Crippen LogP contribution is 2.38. The van der Waals surface area contributed by atoms with Crippen molar-refractivity contribution in [2.45, 2.75) is 24.1 Å². The smallest absolute Gasteiger partial charge is 0.370 e. The maximum atomic E-state index is 13.4. The van der Waals surface area contributed by atoms with Crippen molar-refractivity contribution >= 4 is 21.3 Å². The van der Waals surface area contributed by atoms with Gasteiger partial charge in [0.05, 0.1) is 22.8 Å². The lowest BCUT2D eigenvalue weighted by Crippen LogP contribution is -2.39. The van der Waals surface area contributed by atoms with Gasteiger partial charge in [0.2, 0.25) is 0 Å². The number of nitrogens with zero attached hydrogens (tertiary/aromatic N) is 1. The van der Waals surface area contributed by atoms with E-state index in [1.807, 2.05) is 0 Å². The van der Waals surface area contributed by atoms with Gasteiger partial charge in [0.1, 0.15) is 6.10 Å². The number of carbonyl (C=O) groups is 1. The molecule has 1 aliphatic heterocycles. The van der Waals surface area contributed by atoms with E-state index in [9.17, 15) is 26.4 Å². The van der Waals surface area contributed by atoms with Crippen LogP contribution in [0.5, 0.6) is 0 Å². The molecule has 0 bridgehead atoms. The van der Waals surface area contributed by atoms with Gasteiger partial charge in [-0.05, 0) is 36.8 Å². The molecular weight excluding hydrogens is 407 g/mol. The van der Waals surface area contributed by atoms with E-state index in [0.717, 1.165) is 12.3 Å². The number of anilines is 1. The summed E-state index contributed by atoms with van der Waals surface area (Å²) in [4.78, 5) is 13.4. The molecule has 1 heterocycles. The number of ketones is 1. The van der Waals surface area contributed by atoms with Gasteiger partial charge in [-0.25, -0.2) is 8.42 Å². The van der Waals surface area contributed by atoms with Crippen molar-refractivity contribution in [2.24, 2.45) is 0 Å². The Balaban J connectivity index is 2.03. The van der Waals surface area contributed by atoms with Crippen molar-refractivity contribution in [2.75, 3.05) is 30.9 Å². The van der Waals surface area contributed by atoms with Crippen molar-refractivity contribution in [3.05, 3.63) is 59.2 Å². The number of carbonyl (C=O) groups excluding carboxylic acids is 1. The van der Waals surface area contributed by atoms with Gasteiger partial charge in [-0.1, -0.05) is 18.2 Å². The normalized spacial score (nSPS) is 18.0. The van der Waals surface area contributed by atoms with Crippen LogP contribution in [0.1, 0.15) is 34.5 Å². The van der Waals surface area contributed by atoms with E-state index in [0.29, 0.717) is 5.56 Å². The second-order valence-electron chi connectivity index (χ2n) is 6.90. The third-order valence-corrected chi connectivity index (χ3v) is 5.93. The predicted octanol–water partition coefficient (Wildman–Crippen LogP) is 3.89. The first-order valence-electron chi connectivity index (χ1n) is 8.86. The molecule has 2 aromatic rings. The van der Waals surface area contributed by atoms with Crippen molar-refractivity contribution < 1.29 is 31.1 Å². The summed E-state index contributed by atoms with van der Waals surface area (Å²) < 4.78 is 70.2. The van der Waals surface area contributed by atoms with Crippen molar-refractivity contribution in [3.63, 3.8) is 0 Å². The van der Waals surface area contributed by atoms with Crippen molar-refractivity contribution in [1.29, 1.82) is 0 Å². The molecular formula is C20H20F3NO4S. The first kappa shape index (κ1) is 21.3. The average molecular weight is 427 g/mol. The molecule has 1 atom stereocenters. The molecule has 29 heavy (non-hydrogen) atoms. The molecule has 156 valence electrons. The van der Waals surface area contributed by atoms with E-state index in [-0.39, 0.29) is 41.6 Å². The highest BCUT2D eigenvalue weighted by molar-refractivity contribution is 7.90. The zero-order chi connectivity index (χ0) is 21.4. The largest absolute Gasteiger partial charge is 0.416 e. The Labute approximate surface area is 167 Å². The average Bonchev–Trinajstić information content (AvgIpc) is 2.66. The maximum absolute atomic E-state index is 13.4. The van der Waals surface area contributed by atoms with Crippen LogP contribution in [0.4, 0.5) is 18.9 Å². The summed E-state index contributed by atoms with van der Waals surface area (Å²) in [5.41, 5.74) is -0.176. The minimum atomic E-state index is -4.53. The number of hydrogen-bond donors (Lipinski definition) is 0. The lowest BCUT2D eigenvalue weighted by Gasteiger charge is -2.36. The summed E-state index contributed by atoms with van der Waals surface area (Å²) in [6.07, 6.45) is -4.37. The second-order valence-corrected chi connectivity index (χ2v) is 8.89. The van der Waals surface area contributed by atoms with Crippen LogP contribution in [-0.4, -0.2) is 40.2 Å². The Morgan fingerprint density at radius 3 is 2.48 bits per heavy atom. The number of halogens is 3. The molecule has 1 saturated heterocycles. The molecule has 0 spiro atoms. The zero-order valence-electron chi connectivity index (χ0n) is 15.9. The van der Waals surface area contributed by atoms with E-state index in [4.69, 9.17) is 4.74 Å². The van der Waals surface area contributed by atoms with E-state index in [1.165, 1.54) is 43.3 Å². The molecule has 3 rings (SSSR count). The number of morpholine rings is 1. The molecule has 0 radical (unpaired) electrons. The highest BCUT2D eigenvalue weighted by Gasteiger charge is 2.37. The van der Waals surface area contributed by atoms with Gasteiger partial charge in [-0.15, -0.1) is 0 Å². The summed E-state index contributed by atoms with van der Waals surface area (Å²) in [5.74, 6) is -0.237. The zero-order valence-corrected chi connectivity index (χ0v) is 16.7. The Bertz CT molecular complexity index is 1030. The molecule has 1 fully saturated rings. The van der Waals surface area contributed by atoms with Crippen LogP contribution in [0.2, 0.25) is 0 Å². The van der Waals surface area contributed by atoms with Gasteiger partial charge in [0, 0.05) is 24.9 Å². The Kier molecular flexibility index (Phi) is 5.73. The van der Waals surface area contributed by atoms with Crippen LogP contribution in [0.15, 0.2) is 47.4 Å². The van der Waals surface area contributed by atoms with Gasteiger partial charge < -0.3 is 9.64 Å². The number of alkyl halides is 3. The summed E-state index contributed by atoms with van der Waals surface area (Å²) in [5, 5.41) is 0. The first-order valence-corrected chi connectivity index (χ1v) is 10.8. The van der Waals surface area contributed by atoms with E-state index >= 15 is 0 Å². The fourth-order valence-corrected chi connectivity index (χ4v) is 4.27. The molecule has 5 nitrogen and oxygen atoms in total.